The van der Waals surface area contributed by atoms with Crippen LogP contribution in [0.3, 0.4) is 0 Å². The van der Waals surface area contributed by atoms with E-state index in [0.29, 0.717) is 34.6 Å². The average Bonchev–Trinajstić information content (AvgIpc) is 2.61. The summed E-state index contributed by atoms with van der Waals surface area (Å²) < 4.78 is 10.9. The lowest BCUT2D eigenvalue weighted by Gasteiger charge is -2.25. The standard InChI is InChI=1S/C17H19N3O4S/c1-4-24-11-6-5-9(7-12(11)23-2)10-8-13(21)18-15-14(10)16(22)20-17(19-15)25-3/h5-7,10H,4,8H2,1-3H3,(H2,18,19,20,21,22)/t10-/m0/s1. The van der Waals surface area contributed by atoms with Gasteiger partial charge < -0.3 is 19.8 Å². The lowest BCUT2D eigenvalue weighted by Crippen LogP contribution is -2.31. The van der Waals surface area contributed by atoms with Gasteiger partial charge in [0, 0.05) is 12.3 Å². The molecule has 0 saturated heterocycles. The lowest BCUT2D eigenvalue weighted by molar-refractivity contribution is -0.116. The van der Waals surface area contributed by atoms with Gasteiger partial charge in [-0.25, -0.2) is 4.98 Å². The van der Waals surface area contributed by atoms with Gasteiger partial charge in [0.25, 0.3) is 5.56 Å². The SMILES string of the molecule is CCOc1ccc([C@@H]2CC(=O)Nc3nc(SC)[nH]c(=O)c32)cc1OC. The molecule has 0 aliphatic carbocycles. The van der Waals surface area contributed by atoms with Crippen LogP contribution < -0.4 is 20.3 Å². The fraction of sp³-hybridized carbons (Fsp3) is 0.353. The molecule has 8 heteroatoms. The number of H-pyrrole nitrogens is 1. The van der Waals surface area contributed by atoms with Crippen molar-refractivity contribution < 1.29 is 14.3 Å². The number of thioether (sulfide) groups is 1. The van der Waals surface area contributed by atoms with Crippen molar-refractivity contribution in [2.24, 2.45) is 0 Å². The Hall–Kier alpha value is -2.48. The number of methoxy groups -OCH3 is 1. The minimum atomic E-state index is -0.388. The van der Waals surface area contributed by atoms with Crippen LogP contribution in [-0.4, -0.2) is 35.8 Å². The zero-order chi connectivity index (χ0) is 18.0. The van der Waals surface area contributed by atoms with Crippen molar-refractivity contribution in [2.75, 3.05) is 25.3 Å². The summed E-state index contributed by atoms with van der Waals surface area (Å²) in [7, 11) is 1.56. The number of rotatable bonds is 5. The molecule has 2 N–H and O–H groups in total. The Labute approximate surface area is 149 Å². The van der Waals surface area contributed by atoms with Crippen molar-refractivity contribution in [3.05, 3.63) is 39.7 Å². The zero-order valence-electron chi connectivity index (χ0n) is 14.2. The van der Waals surface area contributed by atoms with Gasteiger partial charge in [0.05, 0.1) is 19.3 Å². The van der Waals surface area contributed by atoms with Crippen LogP contribution in [0.15, 0.2) is 28.2 Å². The Morgan fingerprint density at radius 1 is 1.32 bits per heavy atom. The highest BCUT2D eigenvalue weighted by Crippen LogP contribution is 2.38. The topological polar surface area (TPSA) is 93.3 Å². The van der Waals surface area contributed by atoms with Gasteiger partial charge in [0.1, 0.15) is 5.82 Å². The van der Waals surface area contributed by atoms with Gasteiger partial charge in [-0.2, -0.15) is 0 Å². The van der Waals surface area contributed by atoms with E-state index in [1.54, 1.807) is 19.2 Å². The number of hydrogen-bond donors (Lipinski definition) is 2. The fourth-order valence-corrected chi connectivity index (χ4v) is 3.29. The minimum Gasteiger partial charge on any atom is -0.493 e. The molecule has 0 bridgehead atoms. The molecule has 1 aromatic heterocycles. The number of nitrogens with one attached hydrogen (secondary N) is 2. The number of aromatic nitrogens is 2. The number of aromatic amines is 1. The average molecular weight is 361 g/mol. The van der Waals surface area contributed by atoms with Crippen LogP contribution in [0.4, 0.5) is 5.82 Å². The maximum absolute atomic E-state index is 12.5. The summed E-state index contributed by atoms with van der Waals surface area (Å²) in [5.41, 5.74) is 1.02. The van der Waals surface area contributed by atoms with Crippen molar-refractivity contribution in [2.45, 2.75) is 24.4 Å². The Bertz CT molecular complexity index is 865. The number of benzene rings is 1. The van der Waals surface area contributed by atoms with E-state index in [1.807, 2.05) is 19.2 Å². The number of amides is 1. The van der Waals surface area contributed by atoms with Crippen molar-refractivity contribution in [3.63, 3.8) is 0 Å². The molecular formula is C17H19N3O4S. The van der Waals surface area contributed by atoms with Crippen LogP contribution in [0.1, 0.15) is 30.4 Å². The second kappa shape index (κ2) is 7.18. The van der Waals surface area contributed by atoms with Crippen molar-refractivity contribution in [1.29, 1.82) is 0 Å². The molecule has 1 aromatic carbocycles. The van der Waals surface area contributed by atoms with Crippen molar-refractivity contribution >= 4 is 23.5 Å². The van der Waals surface area contributed by atoms with Crippen molar-refractivity contribution in [1.82, 2.24) is 9.97 Å². The highest BCUT2D eigenvalue weighted by molar-refractivity contribution is 7.98. The molecule has 0 fully saturated rings. The molecule has 1 amide bonds. The fourth-order valence-electron chi connectivity index (χ4n) is 2.91. The molecule has 3 rings (SSSR count). The Kier molecular flexibility index (Phi) is 4.98. The van der Waals surface area contributed by atoms with E-state index >= 15 is 0 Å². The lowest BCUT2D eigenvalue weighted by atomic mass is 9.86. The summed E-state index contributed by atoms with van der Waals surface area (Å²) in [6, 6.07) is 5.45. The van der Waals surface area contributed by atoms with Crippen LogP contribution in [0.25, 0.3) is 0 Å². The molecule has 0 unspecified atom stereocenters. The number of ether oxygens (including phenoxy) is 2. The number of anilines is 1. The van der Waals surface area contributed by atoms with Crippen LogP contribution in [0, 0.1) is 0 Å². The van der Waals surface area contributed by atoms with E-state index in [0.717, 1.165) is 5.56 Å². The molecule has 25 heavy (non-hydrogen) atoms. The highest BCUT2D eigenvalue weighted by atomic mass is 32.2. The summed E-state index contributed by atoms with van der Waals surface area (Å²) in [6.07, 6.45) is 1.98. The normalized spacial score (nSPS) is 16.1. The second-order valence-electron chi connectivity index (χ2n) is 5.49. The largest absolute Gasteiger partial charge is 0.493 e. The van der Waals surface area contributed by atoms with Gasteiger partial charge in [-0.15, -0.1) is 0 Å². The molecular weight excluding hydrogens is 342 g/mol. The molecule has 2 heterocycles. The van der Waals surface area contributed by atoms with Crippen LogP contribution in [-0.2, 0) is 4.79 Å². The number of carbonyl (C=O) groups is 1. The first-order valence-electron chi connectivity index (χ1n) is 7.86. The summed E-state index contributed by atoms with van der Waals surface area (Å²) >= 11 is 1.31. The smallest absolute Gasteiger partial charge is 0.257 e. The first-order valence-corrected chi connectivity index (χ1v) is 9.08. The third-order valence-corrected chi connectivity index (χ3v) is 4.59. The van der Waals surface area contributed by atoms with Gasteiger partial charge in [-0.05, 0) is 30.9 Å². The quantitative estimate of drug-likeness (QED) is 0.627. The molecule has 0 spiro atoms. The summed E-state index contributed by atoms with van der Waals surface area (Å²) in [6.45, 7) is 2.41. The maximum atomic E-state index is 12.5. The monoisotopic (exact) mass is 361 g/mol. The molecule has 0 radical (unpaired) electrons. The van der Waals surface area contributed by atoms with E-state index < -0.39 is 0 Å². The van der Waals surface area contributed by atoms with Gasteiger partial charge in [-0.1, -0.05) is 17.8 Å². The van der Waals surface area contributed by atoms with Gasteiger partial charge in [0.15, 0.2) is 16.7 Å². The third-order valence-electron chi connectivity index (χ3n) is 4.01. The van der Waals surface area contributed by atoms with E-state index in [9.17, 15) is 9.59 Å². The number of carbonyl (C=O) groups excluding carboxylic acids is 1. The molecule has 1 aliphatic heterocycles. The molecule has 2 aromatic rings. The van der Waals surface area contributed by atoms with E-state index in [2.05, 4.69) is 15.3 Å². The summed E-state index contributed by atoms with van der Waals surface area (Å²) in [5, 5.41) is 3.16. The first kappa shape index (κ1) is 17.3. The predicted octanol–water partition coefficient (Wildman–Crippen LogP) is 2.37. The third kappa shape index (κ3) is 3.34. The highest BCUT2D eigenvalue weighted by Gasteiger charge is 2.31. The Morgan fingerprint density at radius 3 is 2.80 bits per heavy atom. The van der Waals surface area contributed by atoms with Gasteiger partial charge in [0.2, 0.25) is 5.91 Å². The molecule has 132 valence electrons. The van der Waals surface area contributed by atoms with Crippen LogP contribution in [0.5, 0.6) is 11.5 Å². The van der Waals surface area contributed by atoms with Gasteiger partial charge in [-0.3, -0.25) is 9.59 Å². The van der Waals surface area contributed by atoms with E-state index in [1.165, 1.54) is 11.8 Å². The molecule has 0 saturated carbocycles. The number of hydrogen-bond acceptors (Lipinski definition) is 6. The second-order valence-corrected chi connectivity index (χ2v) is 6.28. The Morgan fingerprint density at radius 2 is 2.12 bits per heavy atom. The minimum absolute atomic E-state index is 0.171. The Balaban J connectivity index is 2.10. The molecule has 7 nitrogen and oxygen atoms in total. The van der Waals surface area contributed by atoms with E-state index in [-0.39, 0.29) is 23.8 Å². The zero-order valence-corrected chi connectivity index (χ0v) is 15.0. The van der Waals surface area contributed by atoms with Crippen LogP contribution >= 0.6 is 11.8 Å². The summed E-state index contributed by atoms with van der Waals surface area (Å²) in [5.74, 6) is 0.953. The number of nitrogens with zero attached hydrogens (tertiary/aromatic N) is 1. The first-order chi connectivity index (χ1) is 12.1. The molecule has 1 atom stereocenters. The summed E-state index contributed by atoms with van der Waals surface area (Å²) in [4.78, 5) is 31.7. The number of fused-ring (bicyclic) bond motifs is 1. The molecule has 1 aliphatic rings. The van der Waals surface area contributed by atoms with Crippen molar-refractivity contribution in [3.8, 4) is 11.5 Å². The predicted molar refractivity (Wildman–Crippen MR) is 95.9 cm³/mol. The van der Waals surface area contributed by atoms with E-state index in [4.69, 9.17) is 9.47 Å². The maximum Gasteiger partial charge on any atom is 0.257 e. The van der Waals surface area contributed by atoms with Gasteiger partial charge >= 0.3 is 0 Å². The van der Waals surface area contributed by atoms with Crippen LogP contribution in [0.2, 0.25) is 0 Å².